The number of benzene rings is 1. The Labute approximate surface area is 162 Å². The highest BCUT2D eigenvalue weighted by atomic mass is 32.2. The van der Waals surface area contributed by atoms with Crippen LogP contribution in [0, 0.1) is 5.82 Å². The standard InChI is InChI=1S/C17H23FN2O5S2/c1-24-27(22,23)12-14-11-20(17(21)25-14)13-4-5-16(15(18)10-13)19-6-2-8-26-9-3-7-19/h4-5,10,14H,2-3,6-9,11-12H2,1H3/t14-/m1/s1. The van der Waals surface area contributed by atoms with E-state index in [1.165, 1.54) is 11.0 Å². The van der Waals surface area contributed by atoms with E-state index in [4.69, 9.17) is 4.74 Å². The number of nitrogens with zero attached hydrogens (tertiary/aromatic N) is 2. The van der Waals surface area contributed by atoms with E-state index in [2.05, 4.69) is 4.18 Å². The summed E-state index contributed by atoms with van der Waals surface area (Å²) in [7, 11) is -2.70. The van der Waals surface area contributed by atoms with E-state index in [-0.39, 0.29) is 6.54 Å². The number of ether oxygens (including phenoxy) is 1. The molecule has 0 radical (unpaired) electrons. The van der Waals surface area contributed by atoms with Crippen molar-refractivity contribution in [2.45, 2.75) is 18.9 Å². The molecule has 2 heterocycles. The summed E-state index contributed by atoms with van der Waals surface area (Å²) in [5.74, 6) is 1.31. The van der Waals surface area contributed by atoms with Gasteiger partial charge in [0.1, 0.15) is 17.7 Å². The van der Waals surface area contributed by atoms with Crippen molar-refractivity contribution in [3.63, 3.8) is 0 Å². The fourth-order valence-electron chi connectivity index (χ4n) is 3.20. The lowest BCUT2D eigenvalue weighted by molar-refractivity contribution is 0.150. The number of cyclic esters (lactones) is 1. The predicted octanol–water partition coefficient (Wildman–Crippen LogP) is 2.46. The molecule has 3 rings (SSSR count). The zero-order valence-corrected chi connectivity index (χ0v) is 16.7. The third-order valence-electron chi connectivity index (χ3n) is 4.54. The van der Waals surface area contributed by atoms with Crippen molar-refractivity contribution in [3.05, 3.63) is 24.0 Å². The van der Waals surface area contributed by atoms with Gasteiger partial charge in [0.05, 0.1) is 25.0 Å². The van der Waals surface area contributed by atoms with Gasteiger partial charge in [-0.15, -0.1) is 0 Å². The molecule has 0 aliphatic carbocycles. The molecular formula is C17H23FN2O5S2. The van der Waals surface area contributed by atoms with Gasteiger partial charge in [0.15, 0.2) is 0 Å². The van der Waals surface area contributed by atoms with Crippen LogP contribution in [0.15, 0.2) is 18.2 Å². The van der Waals surface area contributed by atoms with Crippen molar-refractivity contribution in [2.24, 2.45) is 0 Å². The van der Waals surface area contributed by atoms with Crippen LogP contribution in [-0.2, 0) is 19.0 Å². The maximum absolute atomic E-state index is 14.7. The number of carbonyl (C=O) groups is 1. The zero-order chi connectivity index (χ0) is 19.4. The molecule has 0 saturated carbocycles. The van der Waals surface area contributed by atoms with Crippen LogP contribution in [-0.4, -0.2) is 64.6 Å². The first-order valence-corrected chi connectivity index (χ1v) is 11.5. The Morgan fingerprint density at radius 1 is 1.30 bits per heavy atom. The lowest BCUT2D eigenvalue weighted by atomic mass is 10.2. The van der Waals surface area contributed by atoms with E-state index in [1.54, 1.807) is 12.1 Å². The maximum atomic E-state index is 14.7. The number of hydrogen-bond donors (Lipinski definition) is 0. The van der Waals surface area contributed by atoms with Gasteiger partial charge >= 0.3 is 6.09 Å². The molecule has 0 bridgehead atoms. The Kier molecular flexibility index (Phi) is 6.48. The number of thioether (sulfide) groups is 1. The lowest BCUT2D eigenvalue weighted by Crippen LogP contribution is -2.30. The number of carbonyl (C=O) groups excluding carboxylic acids is 1. The number of rotatable bonds is 5. The van der Waals surface area contributed by atoms with Crippen LogP contribution >= 0.6 is 11.8 Å². The van der Waals surface area contributed by atoms with Crippen LogP contribution in [0.2, 0.25) is 0 Å². The Morgan fingerprint density at radius 2 is 2.00 bits per heavy atom. The summed E-state index contributed by atoms with van der Waals surface area (Å²) in [5, 5.41) is 0. The van der Waals surface area contributed by atoms with Crippen LogP contribution in [0.1, 0.15) is 12.8 Å². The Morgan fingerprint density at radius 3 is 2.63 bits per heavy atom. The quantitative estimate of drug-likeness (QED) is 0.680. The Hall–Kier alpha value is -1.52. The molecule has 2 aliphatic heterocycles. The van der Waals surface area contributed by atoms with E-state index < -0.39 is 33.9 Å². The van der Waals surface area contributed by atoms with Gasteiger partial charge in [-0.1, -0.05) is 0 Å². The smallest absolute Gasteiger partial charge is 0.414 e. The van der Waals surface area contributed by atoms with Gasteiger partial charge in [-0.05, 0) is 42.5 Å². The SMILES string of the molecule is COS(=O)(=O)C[C@H]1CN(c2ccc(N3CCCSCCC3)c(F)c2)C(=O)O1. The molecule has 2 saturated heterocycles. The van der Waals surface area contributed by atoms with E-state index in [0.717, 1.165) is 44.5 Å². The molecule has 1 aromatic rings. The highest BCUT2D eigenvalue weighted by Crippen LogP contribution is 2.29. The molecule has 0 spiro atoms. The summed E-state index contributed by atoms with van der Waals surface area (Å²) >= 11 is 1.93. The molecule has 1 aromatic carbocycles. The minimum absolute atomic E-state index is 0.0289. The molecule has 2 fully saturated rings. The normalized spacial score (nSPS) is 21.7. The van der Waals surface area contributed by atoms with E-state index in [1.807, 2.05) is 16.7 Å². The Bertz CT molecular complexity index is 782. The van der Waals surface area contributed by atoms with Crippen LogP contribution in [0.5, 0.6) is 0 Å². The van der Waals surface area contributed by atoms with E-state index in [9.17, 15) is 17.6 Å². The van der Waals surface area contributed by atoms with E-state index in [0.29, 0.717) is 11.4 Å². The first kappa shape index (κ1) is 20.2. The molecule has 0 aromatic heterocycles. The van der Waals surface area contributed by atoms with Crippen LogP contribution in [0.25, 0.3) is 0 Å². The predicted molar refractivity (Wildman–Crippen MR) is 104 cm³/mol. The summed E-state index contributed by atoms with van der Waals surface area (Å²) < 4.78 is 47.3. The summed E-state index contributed by atoms with van der Waals surface area (Å²) in [5.41, 5.74) is 0.873. The van der Waals surface area contributed by atoms with Crippen molar-refractivity contribution in [2.75, 3.05) is 53.8 Å². The molecule has 0 unspecified atom stereocenters. The van der Waals surface area contributed by atoms with Crippen molar-refractivity contribution in [1.29, 1.82) is 0 Å². The fourth-order valence-corrected chi connectivity index (χ4v) is 4.84. The first-order chi connectivity index (χ1) is 12.9. The second-order valence-corrected chi connectivity index (χ2v) is 9.46. The summed E-state index contributed by atoms with van der Waals surface area (Å²) in [6, 6.07) is 4.64. The molecule has 2 aliphatic rings. The molecule has 150 valence electrons. The Balaban J connectivity index is 1.72. The molecular weight excluding hydrogens is 395 g/mol. The second-order valence-electron chi connectivity index (χ2n) is 6.45. The molecule has 0 N–H and O–H groups in total. The van der Waals surface area contributed by atoms with Gasteiger partial charge < -0.3 is 9.64 Å². The molecule has 7 nitrogen and oxygen atoms in total. The van der Waals surface area contributed by atoms with Gasteiger partial charge in [0.2, 0.25) is 0 Å². The van der Waals surface area contributed by atoms with Crippen LogP contribution < -0.4 is 9.80 Å². The van der Waals surface area contributed by atoms with E-state index >= 15 is 0 Å². The number of anilines is 2. The lowest BCUT2D eigenvalue weighted by Gasteiger charge is -2.27. The average Bonchev–Trinajstić information content (AvgIpc) is 2.95. The average molecular weight is 419 g/mol. The van der Waals surface area contributed by atoms with Gasteiger partial charge in [0, 0.05) is 13.1 Å². The molecule has 10 heteroatoms. The zero-order valence-electron chi connectivity index (χ0n) is 15.1. The molecule has 1 amide bonds. The van der Waals surface area contributed by atoms with Gasteiger partial charge in [-0.3, -0.25) is 9.08 Å². The highest BCUT2D eigenvalue weighted by molar-refractivity contribution is 7.99. The molecule has 1 atom stereocenters. The van der Waals surface area contributed by atoms with Crippen LogP contribution in [0.4, 0.5) is 20.6 Å². The number of amides is 1. The van der Waals surface area contributed by atoms with Crippen molar-refractivity contribution in [1.82, 2.24) is 0 Å². The highest BCUT2D eigenvalue weighted by Gasteiger charge is 2.35. The third kappa shape index (κ3) is 5.05. The van der Waals surface area contributed by atoms with Gasteiger partial charge in [0.25, 0.3) is 10.1 Å². The third-order valence-corrected chi connectivity index (χ3v) is 6.98. The maximum Gasteiger partial charge on any atom is 0.414 e. The first-order valence-electron chi connectivity index (χ1n) is 8.78. The summed E-state index contributed by atoms with van der Waals surface area (Å²) in [4.78, 5) is 15.4. The minimum Gasteiger partial charge on any atom is -0.443 e. The number of halogens is 1. The molecule has 27 heavy (non-hydrogen) atoms. The summed E-state index contributed by atoms with van der Waals surface area (Å²) in [6.45, 7) is 1.62. The van der Waals surface area contributed by atoms with Crippen molar-refractivity contribution < 1.29 is 26.5 Å². The minimum atomic E-state index is -3.75. The monoisotopic (exact) mass is 418 g/mol. The van der Waals surface area contributed by atoms with Gasteiger partial charge in [-0.2, -0.15) is 20.2 Å². The second kappa shape index (κ2) is 8.66. The number of hydrogen-bond acceptors (Lipinski definition) is 7. The summed E-state index contributed by atoms with van der Waals surface area (Å²) in [6.07, 6.45) is 0.457. The fraction of sp³-hybridized carbons (Fsp3) is 0.588. The van der Waals surface area contributed by atoms with Gasteiger partial charge in [-0.25, -0.2) is 9.18 Å². The largest absolute Gasteiger partial charge is 0.443 e. The van der Waals surface area contributed by atoms with Crippen molar-refractivity contribution in [3.8, 4) is 0 Å². The van der Waals surface area contributed by atoms with Crippen LogP contribution in [0.3, 0.4) is 0 Å². The topological polar surface area (TPSA) is 76.2 Å². The van der Waals surface area contributed by atoms with Crippen molar-refractivity contribution >= 4 is 39.3 Å².